The zero-order chi connectivity index (χ0) is 23.7. The summed E-state index contributed by atoms with van der Waals surface area (Å²) in [6, 6.07) is 13.3. The van der Waals surface area contributed by atoms with Gasteiger partial charge in [0, 0.05) is 29.9 Å². The van der Waals surface area contributed by atoms with Crippen molar-refractivity contribution in [2.45, 2.75) is 31.7 Å². The number of benzene rings is 1. The van der Waals surface area contributed by atoms with E-state index < -0.39 is 0 Å². The smallest absolute Gasteiger partial charge is 0.286 e. The van der Waals surface area contributed by atoms with E-state index in [1.807, 2.05) is 61.9 Å². The Bertz CT molecular complexity index is 1340. The maximum absolute atomic E-state index is 13.5. The maximum Gasteiger partial charge on any atom is 0.286 e. The number of rotatable bonds is 5. The van der Waals surface area contributed by atoms with E-state index in [1.54, 1.807) is 37.7 Å². The van der Waals surface area contributed by atoms with Gasteiger partial charge in [-0.15, -0.1) is 11.3 Å². The van der Waals surface area contributed by atoms with Crippen molar-refractivity contribution < 1.29 is 9.59 Å². The quantitative estimate of drug-likeness (QED) is 0.351. The molecular formula is C24H25N5O2S2. The third-order valence-corrected chi connectivity index (χ3v) is 7.13. The minimum Gasteiger partial charge on any atom is -0.339 e. The van der Waals surface area contributed by atoms with Crippen LogP contribution in [0.2, 0.25) is 0 Å². The molecule has 3 heterocycles. The lowest BCUT2D eigenvalue weighted by atomic mass is 10.1. The zero-order valence-electron chi connectivity index (χ0n) is 19.1. The molecule has 1 aromatic carbocycles. The van der Waals surface area contributed by atoms with Crippen LogP contribution in [0.5, 0.6) is 0 Å². The molecule has 0 aliphatic carbocycles. The van der Waals surface area contributed by atoms with Gasteiger partial charge in [-0.1, -0.05) is 12.1 Å². The van der Waals surface area contributed by atoms with E-state index in [9.17, 15) is 9.59 Å². The van der Waals surface area contributed by atoms with Gasteiger partial charge in [-0.2, -0.15) is 5.10 Å². The van der Waals surface area contributed by atoms with Crippen LogP contribution in [-0.2, 0) is 0 Å². The topological polar surface area (TPSA) is 80.1 Å². The number of thioether (sulfide) groups is 1. The second-order valence-corrected chi connectivity index (χ2v) is 10.4. The Kier molecular flexibility index (Phi) is 6.53. The predicted molar refractivity (Wildman–Crippen MR) is 135 cm³/mol. The highest BCUT2D eigenvalue weighted by Gasteiger charge is 2.20. The number of aryl methyl sites for hydroxylation is 1. The van der Waals surface area contributed by atoms with Gasteiger partial charge in [0.2, 0.25) is 0 Å². The van der Waals surface area contributed by atoms with Crippen molar-refractivity contribution in [3.8, 4) is 10.6 Å². The Balaban J connectivity index is 1.77. The van der Waals surface area contributed by atoms with Crippen molar-refractivity contribution in [2.24, 2.45) is 0 Å². The number of carbonyl (C=O) groups excluding carboxylic acids is 2. The second kappa shape index (κ2) is 9.36. The summed E-state index contributed by atoms with van der Waals surface area (Å²) >= 11 is 2.71. The van der Waals surface area contributed by atoms with E-state index in [0.717, 1.165) is 22.3 Å². The van der Waals surface area contributed by atoms with Crippen LogP contribution in [-0.4, -0.2) is 44.9 Å². The highest BCUT2D eigenvalue weighted by atomic mass is 32.2. The average Bonchev–Trinajstić information content (AvgIpc) is 3.40. The van der Waals surface area contributed by atoms with Gasteiger partial charge in [-0.05, 0) is 62.9 Å². The molecule has 4 rings (SSSR count). The van der Waals surface area contributed by atoms with E-state index in [4.69, 9.17) is 4.98 Å². The number of aromatic nitrogens is 3. The predicted octanol–water partition coefficient (Wildman–Crippen LogP) is 6.08. The Morgan fingerprint density at radius 2 is 1.91 bits per heavy atom. The average molecular weight is 480 g/mol. The van der Waals surface area contributed by atoms with E-state index in [-0.39, 0.29) is 17.2 Å². The van der Waals surface area contributed by atoms with Gasteiger partial charge in [0.05, 0.1) is 33.4 Å². The van der Waals surface area contributed by atoms with Gasteiger partial charge in [0.15, 0.2) is 5.65 Å². The lowest BCUT2D eigenvalue weighted by Crippen LogP contribution is -2.17. The van der Waals surface area contributed by atoms with Crippen molar-refractivity contribution in [1.82, 2.24) is 19.7 Å². The van der Waals surface area contributed by atoms with E-state index in [2.05, 4.69) is 10.4 Å². The lowest BCUT2D eigenvalue weighted by molar-refractivity contribution is 0.102. The summed E-state index contributed by atoms with van der Waals surface area (Å²) in [7, 11) is 3.40. The van der Waals surface area contributed by atoms with Crippen LogP contribution >= 0.6 is 23.1 Å². The molecule has 2 amide bonds. The summed E-state index contributed by atoms with van der Waals surface area (Å²) in [5.74, 6) is -0.273. The van der Waals surface area contributed by atoms with Crippen LogP contribution in [0.1, 0.15) is 35.1 Å². The number of carbonyl (C=O) groups is 2. The number of thiophene rings is 1. The van der Waals surface area contributed by atoms with Crippen LogP contribution in [0.25, 0.3) is 21.6 Å². The summed E-state index contributed by atoms with van der Waals surface area (Å²) in [5, 5.41) is 8.05. The number of para-hydroxylation sites is 1. The minimum atomic E-state index is -0.273. The first kappa shape index (κ1) is 23.0. The first-order valence-electron chi connectivity index (χ1n) is 10.5. The number of pyridine rings is 1. The van der Waals surface area contributed by atoms with E-state index in [1.165, 1.54) is 9.78 Å². The lowest BCUT2D eigenvalue weighted by Gasteiger charge is -2.14. The zero-order valence-corrected chi connectivity index (χ0v) is 20.8. The number of fused-ring (bicyclic) bond motifs is 1. The summed E-state index contributed by atoms with van der Waals surface area (Å²) < 4.78 is 1.83. The number of amides is 2. The molecule has 0 atom stereocenters. The van der Waals surface area contributed by atoms with Crippen molar-refractivity contribution in [3.63, 3.8) is 0 Å². The normalized spacial score (nSPS) is 11.2. The van der Waals surface area contributed by atoms with Crippen LogP contribution in [0.15, 0.2) is 53.6 Å². The van der Waals surface area contributed by atoms with Gasteiger partial charge in [-0.3, -0.25) is 9.59 Å². The molecule has 0 bridgehead atoms. The minimum absolute atomic E-state index is 0.0976. The Labute approximate surface area is 200 Å². The molecule has 33 heavy (non-hydrogen) atoms. The molecule has 0 spiro atoms. The molecular weight excluding hydrogens is 454 g/mol. The van der Waals surface area contributed by atoms with Crippen LogP contribution in [0.3, 0.4) is 0 Å². The molecule has 0 fully saturated rings. The third kappa shape index (κ3) is 4.79. The van der Waals surface area contributed by atoms with Gasteiger partial charge in [0.25, 0.3) is 11.1 Å². The molecule has 4 aromatic rings. The van der Waals surface area contributed by atoms with Crippen molar-refractivity contribution in [2.75, 3.05) is 19.4 Å². The highest BCUT2D eigenvalue weighted by Crippen LogP contribution is 2.32. The first-order valence-corrected chi connectivity index (χ1v) is 12.1. The molecule has 3 aromatic heterocycles. The molecule has 0 aliphatic heterocycles. The summed E-state index contributed by atoms with van der Waals surface area (Å²) in [6.45, 7) is 6.11. The Morgan fingerprint density at radius 3 is 2.58 bits per heavy atom. The van der Waals surface area contributed by atoms with Crippen molar-refractivity contribution in [3.05, 3.63) is 59.1 Å². The maximum atomic E-state index is 13.5. The molecule has 7 nitrogen and oxygen atoms in total. The fourth-order valence-corrected chi connectivity index (χ4v) is 4.89. The summed E-state index contributed by atoms with van der Waals surface area (Å²) in [4.78, 5) is 34.9. The fourth-order valence-electron chi connectivity index (χ4n) is 3.32. The summed E-state index contributed by atoms with van der Waals surface area (Å²) in [5.41, 5.74) is 2.48. The van der Waals surface area contributed by atoms with Gasteiger partial charge < -0.3 is 10.2 Å². The van der Waals surface area contributed by atoms with E-state index >= 15 is 0 Å². The van der Waals surface area contributed by atoms with Crippen LogP contribution < -0.4 is 5.32 Å². The third-order valence-electron chi connectivity index (χ3n) is 4.99. The molecule has 0 saturated carbocycles. The number of nitrogens with zero attached hydrogens (tertiary/aromatic N) is 4. The molecule has 0 saturated heterocycles. The molecule has 1 N–H and O–H groups in total. The fraction of sp³-hybridized carbons (Fsp3) is 0.250. The molecule has 0 aliphatic rings. The number of hydrogen-bond acceptors (Lipinski definition) is 6. The van der Waals surface area contributed by atoms with Crippen molar-refractivity contribution in [1.29, 1.82) is 0 Å². The largest absolute Gasteiger partial charge is 0.339 e. The van der Waals surface area contributed by atoms with Gasteiger partial charge in [0.1, 0.15) is 0 Å². The number of nitrogens with one attached hydrogen (secondary N) is 1. The Morgan fingerprint density at radius 1 is 1.15 bits per heavy atom. The molecule has 9 heteroatoms. The molecule has 170 valence electrons. The monoisotopic (exact) mass is 479 g/mol. The first-order chi connectivity index (χ1) is 15.7. The number of anilines is 1. The molecule has 0 radical (unpaired) electrons. The number of hydrogen-bond donors (Lipinski definition) is 1. The highest BCUT2D eigenvalue weighted by molar-refractivity contribution is 8.13. The second-order valence-electron chi connectivity index (χ2n) is 8.10. The van der Waals surface area contributed by atoms with Crippen LogP contribution in [0, 0.1) is 6.92 Å². The SMILES string of the molecule is Cc1ccc(-c2cc(C(=O)Nc3ccccc3SC(=O)N(C)C)c3cnn(C(C)C)c3n2)s1. The van der Waals surface area contributed by atoms with Crippen LogP contribution in [0.4, 0.5) is 10.5 Å². The molecule has 0 unspecified atom stereocenters. The van der Waals surface area contributed by atoms with E-state index in [0.29, 0.717) is 27.2 Å². The van der Waals surface area contributed by atoms with Gasteiger partial charge in [-0.25, -0.2) is 9.67 Å². The Hall–Kier alpha value is -3.17. The van der Waals surface area contributed by atoms with Crippen molar-refractivity contribution >= 4 is 51.0 Å². The van der Waals surface area contributed by atoms with Gasteiger partial charge >= 0.3 is 0 Å². The standard InChI is InChI=1S/C24H25N5O2S2/c1-14(2)29-22-17(13-25-29)16(12-19(26-22)21-11-10-15(3)32-21)23(30)27-18-8-6-7-9-20(18)33-24(31)28(4)5/h6-14H,1-5H3,(H,27,30). The summed E-state index contributed by atoms with van der Waals surface area (Å²) in [6.07, 6.45) is 1.69.